The third-order valence-electron chi connectivity index (χ3n) is 3.75. The van der Waals surface area contributed by atoms with Gasteiger partial charge in [0.15, 0.2) is 0 Å². The average Bonchev–Trinajstić information content (AvgIpc) is 3.02. The molecule has 0 saturated carbocycles. The van der Waals surface area contributed by atoms with Crippen molar-refractivity contribution in [2.24, 2.45) is 5.73 Å². The Kier molecular flexibility index (Phi) is 4.61. The first-order valence-corrected chi connectivity index (χ1v) is 7.76. The van der Waals surface area contributed by atoms with Crippen molar-refractivity contribution < 1.29 is 9.53 Å². The Labute approximate surface area is 140 Å². The third kappa shape index (κ3) is 3.46. The molecule has 0 radical (unpaired) electrons. The number of para-hydroxylation sites is 1. The molecule has 1 heterocycles. The van der Waals surface area contributed by atoms with E-state index in [0.29, 0.717) is 24.4 Å². The number of ether oxygens (including phenoxy) is 1. The van der Waals surface area contributed by atoms with Crippen molar-refractivity contribution in [3.05, 3.63) is 71.9 Å². The number of primary amides is 1. The highest BCUT2D eigenvalue weighted by molar-refractivity contribution is 5.98. The van der Waals surface area contributed by atoms with E-state index < -0.39 is 5.91 Å². The van der Waals surface area contributed by atoms with E-state index in [9.17, 15) is 4.79 Å². The minimum atomic E-state index is -0.486. The molecule has 0 spiro atoms. The molecular weight excluding hydrogens is 302 g/mol. The fourth-order valence-electron chi connectivity index (χ4n) is 2.49. The molecule has 0 saturated heterocycles. The van der Waals surface area contributed by atoms with Crippen LogP contribution < -0.4 is 10.5 Å². The second kappa shape index (κ2) is 7.00. The molecule has 3 rings (SSSR count). The molecule has 122 valence electrons. The lowest BCUT2D eigenvalue weighted by molar-refractivity contribution is 0.100. The van der Waals surface area contributed by atoms with E-state index in [2.05, 4.69) is 5.10 Å². The Morgan fingerprint density at radius 1 is 1.12 bits per heavy atom. The minimum absolute atomic E-state index is 0.414. The Bertz CT molecular complexity index is 841. The molecule has 0 fully saturated rings. The fraction of sp³-hybridized carbons (Fsp3) is 0.158. The van der Waals surface area contributed by atoms with E-state index >= 15 is 0 Å². The molecule has 1 amide bonds. The van der Waals surface area contributed by atoms with E-state index in [-0.39, 0.29) is 0 Å². The molecule has 24 heavy (non-hydrogen) atoms. The van der Waals surface area contributed by atoms with Gasteiger partial charge in [-0.2, -0.15) is 5.10 Å². The van der Waals surface area contributed by atoms with Crippen molar-refractivity contribution in [1.82, 2.24) is 9.78 Å². The molecule has 2 N–H and O–H groups in total. The highest BCUT2D eigenvalue weighted by Crippen LogP contribution is 2.21. The summed E-state index contributed by atoms with van der Waals surface area (Å²) < 4.78 is 7.47. The van der Waals surface area contributed by atoms with E-state index in [0.717, 1.165) is 16.9 Å². The SMILES string of the molecule is Cc1ccccc1OCCn1cc(C(N)=O)c(-c2ccccc2)n1. The molecule has 5 heteroatoms. The third-order valence-corrected chi connectivity index (χ3v) is 3.75. The molecule has 0 unspecified atom stereocenters. The first-order chi connectivity index (χ1) is 11.6. The zero-order chi connectivity index (χ0) is 16.9. The summed E-state index contributed by atoms with van der Waals surface area (Å²) in [5.74, 6) is 0.364. The Morgan fingerprint density at radius 2 is 1.83 bits per heavy atom. The summed E-state index contributed by atoms with van der Waals surface area (Å²) in [7, 11) is 0. The Balaban J connectivity index is 1.75. The largest absolute Gasteiger partial charge is 0.491 e. The standard InChI is InChI=1S/C19H19N3O2/c1-14-7-5-6-10-17(14)24-12-11-22-13-16(19(20)23)18(21-22)15-8-3-2-4-9-15/h2-10,13H,11-12H2,1H3,(H2,20,23). The number of aryl methyl sites for hydroxylation is 1. The number of amides is 1. The van der Waals surface area contributed by atoms with Crippen molar-refractivity contribution in [2.75, 3.05) is 6.61 Å². The summed E-state index contributed by atoms with van der Waals surface area (Å²) in [6.07, 6.45) is 1.67. The topological polar surface area (TPSA) is 70.1 Å². The van der Waals surface area contributed by atoms with E-state index in [1.54, 1.807) is 10.9 Å². The van der Waals surface area contributed by atoms with Gasteiger partial charge >= 0.3 is 0 Å². The van der Waals surface area contributed by atoms with Crippen LogP contribution in [0.3, 0.4) is 0 Å². The van der Waals surface area contributed by atoms with Gasteiger partial charge < -0.3 is 10.5 Å². The summed E-state index contributed by atoms with van der Waals surface area (Å²) in [4.78, 5) is 11.7. The number of hydrogen-bond donors (Lipinski definition) is 1. The summed E-state index contributed by atoms with van der Waals surface area (Å²) in [5, 5.41) is 4.49. The molecule has 0 aliphatic heterocycles. The smallest absolute Gasteiger partial charge is 0.252 e. The number of carbonyl (C=O) groups is 1. The molecule has 0 aliphatic carbocycles. The quantitative estimate of drug-likeness (QED) is 0.758. The van der Waals surface area contributed by atoms with Gasteiger partial charge in [0.25, 0.3) is 5.91 Å². The first kappa shape index (κ1) is 15.8. The number of nitrogens with zero attached hydrogens (tertiary/aromatic N) is 2. The lowest BCUT2D eigenvalue weighted by Gasteiger charge is -2.08. The van der Waals surface area contributed by atoms with Crippen LogP contribution in [0.4, 0.5) is 0 Å². The van der Waals surface area contributed by atoms with Gasteiger partial charge in [0.05, 0.1) is 12.1 Å². The first-order valence-electron chi connectivity index (χ1n) is 7.76. The maximum absolute atomic E-state index is 11.7. The van der Waals surface area contributed by atoms with Crippen molar-refractivity contribution in [3.63, 3.8) is 0 Å². The van der Waals surface area contributed by atoms with Crippen LogP contribution in [-0.4, -0.2) is 22.3 Å². The van der Waals surface area contributed by atoms with Gasteiger partial charge in [-0.1, -0.05) is 48.5 Å². The van der Waals surface area contributed by atoms with Crippen LogP contribution in [0.2, 0.25) is 0 Å². The zero-order valence-corrected chi connectivity index (χ0v) is 13.5. The highest BCUT2D eigenvalue weighted by Gasteiger charge is 2.15. The molecule has 5 nitrogen and oxygen atoms in total. The van der Waals surface area contributed by atoms with Gasteiger partial charge in [-0.05, 0) is 18.6 Å². The lowest BCUT2D eigenvalue weighted by Crippen LogP contribution is -2.11. The monoisotopic (exact) mass is 321 g/mol. The minimum Gasteiger partial charge on any atom is -0.491 e. The predicted octanol–water partition coefficient (Wildman–Crippen LogP) is 3.04. The Morgan fingerprint density at radius 3 is 2.54 bits per heavy atom. The fourth-order valence-corrected chi connectivity index (χ4v) is 2.49. The lowest BCUT2D eigenvalue weighted by atomic mass is 10.1. The summed E-state index contributed by atoms with van der Waals surface area (Å²) >= 11 is 0. The number of nitrogens with two attached hydrogens (primary N) is 1. The molecule has 1 aromatic heterocycles. The van der Waals surface area contributed by atoms with Gasteiger partial charge in [0.1, 0.15) is 18.1 Å². The van der Waals surface area contributed by atoms with Crippen LogP contribution in [0, 0.1) is 6.92 Å². The summed E-state index contributed by atoms with van der Waals surface area (Å²) in [6, 6.07) is 17.4. The number of aromatic nitrogens is 2. The van der Waals surface area contributed by atoms with Crippen LogP contribution in [-0.2, 0) is 6.54 Å². The van der Waals surface area contributed by atoms with E-state index in [1.807, 2.05) is 61.5 Å². The van der Waals surface area contributed by atoms with Crippen LogP contribution >= 0.6 is 0 Å². The molecule has 2 aromatic carbocycles. The number of rotatable bonds is 6. The maximum atomic E-state index is 11.7. The molecule has 3 aromatic rings. The number of hydrogen-bond acceptors (Lipinski definition) is 3. The van der Waals surface area contributed by atoms with Crippen molar-refractivity contribution >= 4 is 5.91 Å². The van der Waals surface area contributed by atoms with Gasteiger partial charge in [-0.3, -0.25) is 9.48 Å². The normalized spacial score (nSPS) is 10.5. The molecule has 0 bridgehead atoms. The Hall–Kier alpha value is -3.08. The second-order valence-electron chi connectivity index (χ2n) is 5.50. The predicted molar refractivity (Wildman–Crippen MR) is 92.9 cm³/mol. The van der Waals surface area contributed by atoms with Crippen molar-refractivity contribution in [3.8, 4) is 17.0 Å². The second-order valence-corrected chi connectivity index (χ2v) is 5.50. The molecule has 0 aliphatic rings. The van der Waals surface area contributed by atoms with Crippen molar-refractivity contribution in [1.29, 1.82) is 0 Å². The van der Waals surface area contributed by atoms with Gasteiger partial charge in [-0.15, -0.1) is 0 Å². The van der Waals surface area contributed by atoms with Gasteiger partial charge in [0, 0.05) is 11.8 Å². The van der Waals surface area contributed by atoms with Gasteiger partial charge in [-0.25, -0.2) is 0 Å². The van der Waals surface area contributed by atoms with E-state index in [4.69, 9.17) is 10.5 Å². The summed E-state index contributed by atoms with van der Waals surface area (Å²) in [6.45, 7) is 2.99. The van der Waals surface area contributed by atoms with Gasteiger partial charge in [0.2, 0.25) is 0 Å². The number of carbonyl (C=O) groups excluding carboxylic acids is 1. The molecular formula is C19H19N3O2. The van der Waals surface area contributed by atoms with E-state index in [1.165, 1.54) is 0 Å². The highest BCUT2D eigenvalue weighted by atomic mass is 16.5. The average molecular weight is 321 g/mol. The van der Waals surface area contributed by atoms with Crippen molar-refractivity contribution in [2.45, 2.75) is 13.5 Å². The number of benzene rings is 2. The van der Waals surface area contributed by atoms with Crippen LogP contribution in [0.5, 0.6) is 5.75 Å². The summed E-state index contributed by atoms with van der Waals surface area (Å²) in [5.41, 5.74) is 8.44. The van der Waals surface area contributed by atoms with Crippen LogP contribution in [0.15, 0.2) is 60.8 Å². The molecule has 0 atom stereocenters. The van der Waals surface area contributed by atoms with Crippen LogP contribution in [0.25, 0.3) is 11.3 Å². The maximum Gasteiger partial charge on any atom is 0.252 e. The van der Waals surface area contributed by atoms with Crippen LogP contribution in [0.1, 0.15) is 15.9 Å². The zero-order valence-electron chi connectivity index (χ0n) is 13.5.